The number of nitrogens with one attached hydrogen (secondary N) is 1. The smallest absolute Gasteiger partial charge is 0.251 e. The van der Waals surface area contributed by atoms with Crippen molar-refractivity contribution in [2.75, 3.05) is 13.2 Å². The highest BCUT2D eigenvalue weighted by molar-refractivity contribution is 5.94. The van der Waals surface area contributed by atoms with Gasteiger partial charge < -0.3 is 10.1 Å². The Morgan fingerprint density at radius 3 is 2.59 bits per heavy atom. The molecule has 0 unspecified atom stereocenters. The van der Waals surface area contributed by atoms with Gasteiger partial charge in [0.25, 0.3) is 5.91 Å². The van der Waals surface area contributed by atoms with Crippen LogP contribution in [0, 0.1) is 5.92 Å². The number of hydrogen-bond donors (Lipinski definition) is 1. The molecule has 0 radical (unpaired) electrons. The summed E-state index contributed by atoms with van der Waals surface area (Å²) in [6.45, 7) is 8.86. The summed E-state index contributed by atoms with van der Waals surface area (Å²) >= 11 is 0. The Hall–Kier alpha value is -1.77. The van der Waals surface area contributed by atoms with Gasteiger partial charge in [-0.05, 0) is 30.2 Å². The second-order valence-corrected chi connectivity index (χ2v) is 4.23. The number of carbonyl (C=O) groups excluding carboxylic acids is 1. The van der Waals surface area contributed by atoms with Crippen molar-refractivity contribution in [3.63, 3.8) is 0 Å². The van der Waals surface area contributed by atoms with Gasteiger partial charge in [-0.1, -0.05) is 26.5 Å². The summed E-state index contributed by atoms with van der Waals surface area (Å²) in [5.41, 5.74) is 0.650. The van der Waals surface area contributed by atoms with Crippen LogP contribution in [0.1, 0.15) is 24.2 Å². The van der Waals surface area contributed by atoms with Gasteiger partial charge in [-0.15, -0.1) is 0 Å². The molecule has 0 fully saturated rings. The van der Waals surface area contributed by atoms with E-state index in [0.29, 0.717) is 24.6 Å². The van der Waals surface area contributed by atoms with Gasteiger partial charge in [0.1, 0.15) is 12.4 Å². The first-order valence-corrected chi connectivity index (χ1v) is 5.75. The minimum absolute atomic E-state index is 0.0472. The fourth-order valence-corrected chi connectivity index (χ4v) is 1.26. The summed E-state index contributed by atoms with van der Waals surface area (Å²) in [6, 6.07) is 7.09. The zero-order valence-corrected chi connectivity index (χ0v) is 10.4. The van der Waals surface area contributed by atoms with Crippen molar-refractivity contribution >= 4 is 5.91 Å². The topological polar surface area (TPSA) is 38.3 Å². The van der Waals surface area contributed by atoms with Crippen LogP contribution in [-0.2, 0) is 0 Å². The zero-order valence-electron chi connectivity index (χ0n) is 10.4. The minimum Gasteiger partial charge on any atom is -0.490 e. The van der Waals surface area contributed by atoms with E-state index in [9.17, 15) is 4.79 Å². The van der Waals surface area contributed by atoms with Crippen LogP contribution < -0.4 is 10.1 Å². The van der Waals surface area contributed by atoms with Crippen LogP contribution in [0.4, 0.5) is 0 Å². The molecule has 1 aromatic rings. The van der Waals surface area contributed by atoms with Crippen LogP contribution in [0.5, 0.6) is 5.75 Å². The standard InChI is InChI=1S/C14H19NO2/c1-4-9-17-13-7-5-12(6-8-13)14(16)15-10-11(2)3/h4-8,11H,1,9-10H2,2-3H3,(H,15,16). The molecular weight excluding hydrogens is 214 g/mol. The van der Waals surface area contributed by atoms with Gasteiger partial charge in [-0.25, -0.2) is 0 Å². The van der Waals surface area contributed by atoms with Crippen LogP contribution in [0.2, 0.25) is 0 Å². The quantitative estimate of drug-likeness (QED) is 0.767. The fourth-order valence-electron chi connectivity index (χ4n) is 1.26. The van der Waals surface area contributed by atoms with Gasteiger partial charge in [0.2, 0.25) is 0 Å². The van der Waals surface area contributed by atoms with E-state index >= 15 is 0 Å². The summed E-state index contributed by atoms with van der Waals surface area (Å²) in [4.78, 5) is 11.7. The molecule has 0 aliphatic carbocycles. The molecule has 92 valence electrons. The lowest BCUT2D eigenvalue weighted by Crippen LogP contribution is -2.27. The lowest BCUT2D eigenvalue weighted by Gasteiger charge is -2.08. The second-order valence-electron chi connectivity index (χ2n) is 4.23. The van der Waals surface area contributed by atoms with E-state index in [1.54, 1.807) is 30.3 Å². The summed E-state index contributed by atoms with van der Waals surface area (Å²) in [7, 11) is 0. The van der Waals surface area contributed by atoms with Crippen molar-refractivity contribution in [2.45, 2.75) is 13.8 Å². The maximum atomic E-state index is 11.7. The number of hydrogen-bond acceptors (Lipinski definition) is 2. The van der Waals surface area contributed by atoms with E-state index in [1.165, 1.54) is 0 Å². The van der Waals surface area contributed by atoms with E-state index in [1.807, 2.05) is 0 Å². The van der Waals surface area contributed by atoms with Gasteiger partial charge in [-0.2, -0.15) is 0 Å². The average molecular weight is 233 g/mol. The van der Waals surface area contributed by atoms with Crippen molar-refractivity contribution in [1.82, 2.24) is 5.32 Å². The predicted octanol–water partition coefficient (Wildman–Crippen LogP) is 2.64. The predicted molar refractivity (Wildman–Crippen MR) is 69.3 cm³/mol. The molecule has 1 aromatic carbocycles. The normalized spacial score (nSPS) is 10.1. The molecule has 1 rings (SSSR count). The molecule has 0 bridgehead atoms. The van der Waals surface area contributed by atoms with Crippen molar-refractivity contribution in [3.8, 4) is 5.75 Å². The van der Waals surface area contributed by atoms with Crippen LogP contribution >= 0.6 is 0 Å². The van der Waals surface area contributed by atoms with Crippen molar-refractivity contribution in [1.29, 1.82) is 0 Å². The van der Waals surface area contributed by atoms with Gasteiger partial charge in [0.05, 0.1) is 0 Å². The Labute approximate surface area is 102 Å². The van der Waals surface area contributed by atoms with Gasteiger partial charge in [0, 0.05) is 12.1 Å². The molecular formula is C14H19NO2. The van der Waals surface area contributed by atoms with Gasteiger partial charge in [-0.3, -0.25) is 4.79 Å². The molecule has 0 saturated carbocycles. The fraction of sp³-hybridized carbons (Fsp3) is 0.357. The van der Waals surface area contributed by atoms with Crippen LogP contribution in [0.3, 0.4) is 0 Å². The third kappa shape index (κ3) is 4.72. The molecule has 3 nitrogen and oxygen atoms in total. The monoisotopic (exact) mass is 233 g/mol. The molecule has 3 heteroatoms. The molecule has 1 N–H and O–H groups in total. The van der Waals surface area contributed by atoms with Crippen LogP contribution in [0.25, 0.3) is 0 Å². The molecule has 0 aliphatic rings. The lowest BCUT2D eigenvalue weighted by atomic mass is 10.2. The Bertz CT molecular complexity index is 368. The Balaban J connectivity index is 2.54. The molecule has 0 saturated heterocycles. The lowest BCUT2D eigenvalue weighted by molar-refractivity contribution is 0.0949. The largest absolute Gasteiger partial charge is 0.490 e. The minimum atomic E-state index is -0.0472. The number of benzene rings is 1. The highest BCUT2D eigenvalue weighted by atomic mass is 16.5. The molecule has 17 heavy (non-hydrogen) atoms. The highest BCUT2D eigenvalue weighted by Crippen LogP contribution is 2.12. The maximum absolute atomic E-state index is 11.7. The number of amides is 1. The summed E-state index contributed by atoms with van der Waals surface area (Å²) < 4.78 is 5.34. The van der Waals surface area contributed by atoms with Crippen LogP contribution in [-0.4, -0.2) is 19.1 Å². The molecule has 0 atom stereocenters. The number of ether oxygens (including phenoxy) is 1. The molecule has 1 amide bonds. The third-order valence-corrected chi connectivity index (χ3v) is 2.16. The van der Waals surface area contributed by atoms with Crippen molar-refractivity contribution < 1.29 is 9.53 Å². The molecule has 0 aromatic heterocycles. The SMILES string of the molecule is C=CCOc1ccc(C(=O)NCC(C)C)cc1. The van der Waals surface area contributed by atoms with E-state index < -0.39 is 0 Å². The Morgan fingerprint density at radius 2 is 2.06 bits per heavy atom. The summed E-state index contributed by atoms with van der Waals surface area (Å²) in [5.74, 6) is 1.15. The van der Waals surface area contributed by atoms with E-state index in [2.05, 4.69) is 25.7 Å². The zero-order chi connectivity index (χ0) is 12.7. The van der Waals surface area contributed by atoms with Crippen molar-refractivity contribution in [3.05, 3.63) is 42.5 Å². The van der Waals surface area contributed by atoms with E-state index in [-0.39, 0.29) is 5.91 Å². The van der Waals surface area contributed by atoms with Crippen LogP contribution in [0.15, 0.2) is 36.9 Å². The van der Waals surface area contributed by atoms with Gasteiger partial charge in [0.15, 0.2) is 0 Å². The maximum Gasteiger partial charge on any atom is 0.251 e. The number of carbonyl (C=O) groups is 1. The number of rotatable bonds is 6. The first-order valence-electron chi connectivity index (χ1n) is 5.75. The summed E-state index contributed by atoms with van der Waals surface area (Å²) in [5, 5.41) is 2.87. The third-order valence-electron chi connectivity index (χ3n) is 2.16. The Kier molecular flexibility index (Phi) is 5.27. The average Bonchev–Trinajstić information content (AvgIpc) is 2.34. The van der Waals surface area contributed by atoms with E-state index in [4.69, 9.17) is 4.74 Å². The second kappa shape index (κ2) is 6.74. The molecule has 0 heterocycles. The first-order chi connectivity index (χ1) is 8.13. The van der Waals surface area contributed by atoms with Crippen molar-refractivity contribution in [2.24, 2.45) is 5.92 Å². The van der Waals surface area contributed by atoms with E-state index in [0.717, 1.165) is 5.75 Å². The Morgan fingerprint density at radius 1 is 1.41 bits per heavy atom. The molecule has 0 spiro atoms. The van der Waals surface area contributed by atoms with Gasteiger partial charge >= 0.3 is 0 Å². The molecule has 0 aliphatic heterocycles. The first kappa shape index (κ1) is 13.3. The summed E-state index contributed by atoms with van der Waals surface area (Å²) in [6.07, 6.45) is 1.68. The highest BCUT2D eigenvalue weighted by Gasteiger charge is 2.05.